The van der Waals surface area contributed by atoms with Crippen LogP contribution in [-0.2, 0) is 0 Å². The molecule has 0 aliphatic heterocycles. The van der Waals surface area contributed by atoms with Crippen LogP contribution in [0.15, 0.2) is 194 Å². The van der Waals surface area contributed by atoms with Gasteiger partial charge in [0.1, 0.15) is 5.82 Å². The van der Waals surface area contributed by atoms with Crippen molar-refractivity contribution in [1.29, 1.82) is 0 Å². The Balaban J connectivity index is 1.15. The summed E-state index contributed by atoms with van der Waals surface area (Å²) >= 11 is 0. The Morgan fingerprint density at radius 2 is 0.843 bits per heavy atom. The number of aromatic nitrogens is 2. The molecule has 0 bridgehead atoms. The second kappa shape index (κ2) is 12.0. The Hall–Kier alpha value is -6.77. The summed E-state index contributed by atoms with van der Waals surface area (Å²) < 4.78 is 2.28. The van der Waals surface area contributed by atoms with Gasteiger partial charge in [-0.25, -0.2) is 4.98 Å². The minimum absolute atomic E-state index is 0.945. The first-order chi connectivity index (χ1) is 25.3. The maximum Gasteiger partial charge on any atom is 0.145 e. The molecule has 1 heterocycles. The van der Waals surface area contributed by atoms with Gasteiger partial charge in [0, 0.05) is 11.3 Å². The van der Waals surface area contributed by atoms with Crippen LogP contribution in [0.1, 0.15) is 0 Å². The largest absolute Gasteiger partial charge is 0.292 e. The molecule has 0 aliphatic carbocycles. The highest BCUT2D eigenvalue weighted by Gasteiger charge is 2.18. The molecule has 2 nitrogen and oxygen atoms in total. The maximum absolute atomic E-state index is 5.05. The molecule has 0 N–H and O–H groups in total. The van der Waals surface area contributed by atoms with Crippen molar-refractivity contribution in [1.82, 2.24) is 9.55 Å². The van der Waals surface area contributed by atoms with E-state index in [1.54, 1.807) is 0 Å². The molecule has 9 aromatic carbocycles. The zero-order valence-electron chi connectivity index (χ0n) is 27.9. The molecule has 10 rings (SSSR count). The van der Waals surface area contributed by atoms with Crippen LogP contribution in [0.25, 0.3) is 93.8 Å². The summed E-state index contributed by atoms with van der Waals surface area (Å²) in [4.78, 5) is 5.05. The Labute approximate surface area is 296 Å². The summed E-state index contributed by atoms with van der Waals surface area (Å²) in [5.74, 6) is 0.945. The van der Waals surface area contributed by atoms with E-state index in [9.17, 15) is 0 Å². The zero-order chi connectivity index (χ0) is 33.7. The van der Waals surface area contributed by atoms with Gasteiger partial charge in [-0.15, -0.1) is 0 Å². The van der Waals surface area contributed by atoms with Gasteiger partial charge in [0.2, 0.25) is 0 Å². The van der Waals surface area contributed by atoms with Crippen LogP contribution in [0.2, 0.25) is 0 Å². The molecule has 1 aromatic heterocycles. The fourth-order valence-electron chi connectivity index (χ4n) is 7.81. The lowest BCUT2D eigenvalue weighted by molar-refractivity contribution is 1.11. The van der Waals surface area contributed by atoms with Crippen LogP contribution in [-0.4, -0.2) is 9.55 Å². The highest BCUT2D eigenvalue weighted by molar-refractivity contribution is 6.22. The van der Waals surface area contributed by atoms with Crippen LogP contribution in [0.5, 0.6) is 0 Å². The van der Waals surface area contributed by atoms with Crippen LogP contribution in [0.3, 0.4) is 0 Å². The smallest absolute Gasteiger partial charge is 0.145 e. The molecule has 0 spiro atoms. The summed E-state index contributed by atoms with van der Waals surface area (Å²) in [6.45, 7) is 0. The van der Waals surface area contributed by atoms with E-state index < -0.39 is 0 Å². The van der Waals surface area contributed by atoms with Gasteiger partial charge >= 0.3 is 0 Å². The predicted molar refractivity (Wildman–Crippen MR) is 215 cm³/mol. The molecule has 0 saturated heterocycles. The molecular weight excluding hydrogens is 617 g/mol. The topological polar surface area (TPSA) is 17.8 Å². The third-order valence-corrected chi connectivity index (χ3v) is 10.2. The molecule has 0 unspecified atom stereocenters. The Bertz CT molecular complexity index is 2890. The first-order valence-electron chi connectivity index (χ1n) is 17.5. The van der Waals surface area contributed by atoms with E-state index >= 15 is 0 Å². The lowest BCUT2D eigenvalue weighted by atomic mass is 9.85. The first-order valence-corrected chi connectivity index (χ1v) is 17.5. The van der Waals surface area contributed by atoms with Gasteiger partial charge in [-0.3, -0.25) is 4.57 Å². The summed E-state index contributed by atoms with van der Waals surface area (Å²) in [5, 5.41) is 7.44. The highest BCUT2D eigenvalue weighted by Crippen LogP contribution is 2.45. The number of nitrogens with zero attached hydrogens (tertiary/aromatic N) is 2. The van der Waals surface area contributed by atoms with Crippen molar-refractivity contribution in [3.05, 3.63) is 194 Å². The van der Waals surface area contributed by atoms with Gasteiger partial charge in [-0.1, -0.05) is 158 Å². The van der Waals surface area contributed by atoms with Crippen molar-refractivity contribution in [2.45, 2.75) is 0 Å². The molecule has 10 aromatic rings. The van der Waals surface area contributed by atoms with E-state index in [4.69, 9.17) is 4.98 Å². The van der Waals surface area contributed by atoms with Gasteiger partial charge in [-0.05, 0) is 102 Å². The Morgan fingerprint density at radius 3 is 1.55 bits per heavy atom. The molecular formula is C49H32N2. The molecule has 0 radical (unpaired) electrons. The number of rotatable bonds is 5. The van der Waals surface area contributed by atoms with Gasteiger partial charge in [0.25, 0.3) is 0 Å². The molecule has 51 heavy (non-hydrogen) atoms. The summed E-state index contributed by atoms with van der Waals surface area (Å²) in [7, 11) is 0. The van der Waals surface area contributed by atoms with Gasteiger partial charge in [0.05, 0.1) is 11.0 Å². The molecule has 0 fully saturated rings. The monoisotopic (exact) mass is 648 g/mol. The molecule has 0 aliphatic rings. The molecule has 2 heteroatoms. The van der Waals surface area contributed by atoms with E-state index in [1.165, 1.54) is 65.7 Å². The molecule has 0 atom stereocenters. The lowest BCUT2D eigenvalue weighted by Gasteiger charge is -2.19. The van der Waals surface area contributed by atoms with E-state index in [0.717, 1.165) is 28.1 Å². The minimum Gasteiger partial charge on any atom is -0.292 e. The standard InChI is InChI=1S/C49H32N2/c1-4-14-33(15-5-1)47-41-20-10-11-21-42(41)48(34-16-6-2-7-17-34)44-32-39(27-29-43(44)47)36-24-25-38-31-40(28-26-37(38)30-36)51-46-23-13-12-22-45(46)50-49(51)35-18-8-3-9-19-35/h1-32H. The fraction of sp³-hybridized carbons (Fsp3) is 0. The number of hydrogen-bond acceptors (Lipinski definition) is 1. The molecule has 238 valence electrons. The number of fused-ring (bicyclic) bond motifs is 4. The third-order valence-electron chi connectivity index (χ3n) is 10.2. The van der Waals surface area contributed by atoms with Gasteiger partial charge in [0.15, 0.2) is 0 Å². The normalized spacial score (nSPS) is 11.5. The van der Waals surface area contributed by atoms with E-state index in [0.29, 0.717) is 0 Å². The second-order valence-electron chi connectivity index (χ2n) is 13.2. The van der Waals surface area contributed by atoms with E-state index in [2.05, 4.69) is 193 Å². The van der Waals surface area contributed by atoms with Crippen LogP contribution < -0.4 is 0 Å². The zero-order valence-corrected chi connectivity index (χ0v) is 27.9. The number of imidazole rings is 1. The van der Waals surface area contributed by atoms with Crippen molar-refractivity contribution in [3.63, 3.8) is 0 Å². The number of para-hydroxylation sites is 2. The second-order valence-corrected chi connectivity index (χ2v) is 13.2. The summed E-state index contributed by atoms with van der Waals surface area (Å²) in [6, 6.07) is 69.9. The van der Waals surface area contributed by atoms with Gasteiger partial charge < -0.3 is 0 Å². The van der Waals surface area contributed by atoms with Crippen molar-refractivity contribution in [2.75, 3.05) is 0 Å². The predicted octanol–water partition coefficient (Wildman–Crippen LogP) is 13.2. The third kappa shape index (κ3) is 4.92. The summed E-state index contributed by atoms with van der Waals surface area (Å²) in [5.41, 5.74) is 11.7. The quantitative estimate of drug-likeness (QED) is 0.170. The average molecular weight is 649 g/mol. The van der Waals surface area contributed by atoms with Crippen molar-refractivity contribution >= 4 is 43.4 Å². The van der Waals surface area contributed by atoms with E-state index in [1.807, 2.05) is 6.07 Å². The SMILES string of the molecule is c1ccc(-c2c3ccccc3c(-c3ccccc3)c3cc(-c4ccc5cc(-n6c(-c7ccccc7)nc7ccccc76)ccc5c4)ccc23)cc1. The first kappa shape index (κ1) is 29.2. The van der Waals surface area contributed by atoms with Crippen LogP contribution >= 0.6 is 0 Å². The Morgan fingerprint density at radius 1 is 0.333 bits per heavy atom. The van der Waals surface area contributed by atoms with Gasteiger partial charge in [-0.2, -0.15) is 0 Å². The average Bonchev–Trinajstić information content (AvgIpc) is 3.60. The van der Waals surface area contributed by atoms with E-state index in [-0.39, 0.29) is 0 Å². The summed E-state index contributed by atoms with van der Waals surface area (Å²) in [6.07, 6.45) is 0. The van der Waals surface area contributed by atoms with Crippen molar-refractivity contribution < 1.29 is 0 Å². The lowest BCUT2D eigenvalue weighted by Crippen LogP contribution is -1.97. The van der Waals surface area contributed by atoms with Crippen LogP contribution in [0.4, 0.5) is 0 Å². The molecule has 0 amide bonds. The van der Waals surface area contributed by atoms with Crippen molar-refractivity contribution in [3.8, 4) is 50.5 Å². The number of benzene rings is 9. The molecule has 0 saturated carbocycles. The fourth-order valence-corrected chi connectivity index (χ4v) is 7.81. The van der Waals surface area contributed by atoms with Crippen LogP contribution in [0, 0.1) is 0 Å². The van der Waals surface area contributed by atoms with Crippen molar-refractivity contribution in [2.24, 2.45) is 0 Å². The highest BCUT2D eigenvalue weighted by atomic mass is 15.1. The number of hydrogen-bond donors (Lipinski definition) is 0. The maximum atomic E-state index is 5.05. The Kier molecular flexibility index (Phi) is 6.85. The minimum atomic E-state index is 0.945.